The second kappa shape index (κ2) is 19.1. The molecule has 0 aliphatic rings. The molecule has 8 nitrogen and oxygen atoms in total. The van der Waals surface area contributed by atoms with Gasteiger partial charge in [-0.05, 0) is 0 Å². The number of hydrogen-bond donors (Lipinski definition) is 4. The molecule has 0 radical (unpaired) electrons. The van der Waals surface area contributed by atoms with E-state index in [0.29, 0.717) is 48.3 Å². The number of halogens is 2. The van der Waals surface area contributed by atoms with E-state index in [0.717, 1.165) is 0 Å². The summed E-state index contributed by atoms with van der Waals surface area (Å²) in [6, 6.07) is 0. The lowest BCUT2D eigenvalue weighted by atomic mass is 10.7. The third kappa shape index (κ3) is 18.1. The lowest BCUT2D eigenvalue weighted by molar-refractivity contribution is 0.0606. The van der Waals surface area contributed by atoms with Crippen LogP contribution in [0.15, 0.2) is 10.2 Å². The molecule has 8 N–H and O–H groups in total. The third-order valence-corrected chi connectivity index (χ3v) is 3.13. The molecule has 0 rings (SSSR count). The zero-order chi connectivity index (χ0) is 13.6. The highest BCUT2D eigenvalue weighted by Gasteiger charge is 1.95. The van der Waals surface area contributed by atoms with Crippen LogP contribution >= 0.6 is 57.5 Å². The summed E-state index contributed by atoms with van der Waals surface area (Å²) in [5, 5.41) is 7.35. The van der Waals surface area contributed by atoms with Gasteiger partial charge in [-0.3, -0.25) is 0 Å². The minimum absolute atomic E-state index is 0. The van der Waals surface area contributed by atoms with E-state index in [1.165, 1.54) is 23.5 Å². The predicted octanol–water partition coefficient (Wildman–Crippen LogP) is 0.0186. The molecule has 0 amide bonds. The molecule has 0 aromatic rings. The summed E-state index contributed by atoms with van der Waals surface area (Å²) >= 11 is 2.70. The van der Waals surface area contributed by atoms with E-state index in [2.05, 4.69) is 10.2 Å². The van der Waals surface area contributed by atoms with Crippen LogP contribution in [0, 0.1) is 0 Å². The summed E-state index contributed by atoms with van der Waals surface area (Å²) < 4.78 is 10.6. The summed E-state index contributed by atoms with van der Waals surface area (Å²) in [7, 11) is 0. The van der Waals surface area contributed by atoms with Gasteiger partial charge in [0.2, 0.25) is 0 Å². The molecular weight excluding hydrogens is 436 g/mol. The molecule has 0 aliphatic heterocycles. The van der Waals surface area contributed by atoms with Crippen molar-refractivity contribution in [1.82, 2.24) is 0 Å². The van der Waals surface area contributed by atoms with Gasteiger partial charge in [0.1, 0.15) is 0 Å². The van der Waals surface area contributed by atoms with E-state index < -0.39 is 0 Å². The number of rotatable bonds is 9. The quantitative estimate of drug-likeness (QED) is 0.124. The van der Waals surface area contributed by atoms with Gasteiger partial charge in [-0.2, -0.15) is 10.2 Å². The second-order valence-corrected chi connectivity index (χ2v) is 5.09. The third-order valence-electron chi connectivity index (χ3n) is 1.58. The topological polar surface area (TPSA) is 147 Å². The summed E-state index contributed by atoms with van der Waals surface area (Å²) in [4.78, 5) is 0. The molecular formula is C8H22Br2N6O2S2. The summed E-state index contributed by atoms with van der Waals surface area (Å²) in [6.45, 7) is 2.22. The number of thioether (sulfide) groups is 2. The van der Waals surface area contributed by atoms with Gasteiger partial charge in [0.15, 0.2) is 10.3 Å². The van der Waals surface area contributed by atoms with Crippen molar-refractivity contribution >= 4 is 67.8 Å². The van der Waals surface area contributed by atoms with Crippen LogP contribution in [-0.4, -0.2) is 48.3 Å². The molecule has 0 atom stereocenters. The Labute approximate surface area is 148 Å². The zero-order valence-corrected chi connectivity index (χ0v) is 16.0. The van der Waals surface area contributed by atoms with Crippen molar-refractivity contribution in [3.63, 3.8) is 0 Å². The monoisotopic (exact) mass is 456 g/mol. The lowest BCUT2D eigenvalue weighted by Crippen LogP contribution is -2.14. The molecule has 0 fully saturated rings. The predicted molar refractivity (Wildman–Crippen MR) is 98.8 cm³/mol. The molecule has 122 valence electrons. The van der Waals surface area contributed by atoms with Crippen molar-refractivity contribution in [3.8, 4) is 0 Å². The van der Waals surface area contributed by atoms with Crippen LogP contribution in [0.1, 0.15) is 0 Å². The fraction of sp³-hybridized carbons (Fsp3) is 0.750. The van der Waals surface area contributed by atoms with Crippen molar-refractivity contribution in [2.75, 3.05) is 37.9 Å². The average molecular weight is 458 g/mol. The maximum absolute atomic E-state index is 5.38. The van der Waals surface area contributed by atoms with Gasteiger partial charge < -0.3 is 32.6 Å². The Balaban J connectivity index is -0.00000144. The van der Waals surface area contributed by atoms with Crippen molar-refractivity contribution in [2.45, 2.75) is 0 Å². The minimum Gasteiger partial charge on any atom is -0.378 e. The fourth-order valence-corrected chi connectivity index (χ4v) is 1.78. The Kier molecular flexibility index (Phi) is 24.0. The van der Waals surface area contributed by atoms with Crippen LogP contribution in [-0.2, 0) is 9.47 Å². The van der Waals surface area contributed by atoms with Gasteiger partial charge in [-0.1, -0.05) is 23.5 Å². The highest BCUT2D eigenvalue weighted by molar-refractivity contribution is 8.93. The first kappa shape index (κ1) is 25.1. The van der Waals surface area contributed by atoms with Gasteiger partial charge in [-0.25, -0.2) is 0 Å². The van der Waals surface area contributed by atoms with Gasteiger partial charge in [0, 0.05) is 11.5 Å². The van der Waals surface area contributed by atoms with Gasteiger partial charge in [0.25, 0.3) is 0 Å². The Morgan fingerprint density at radius 3 is 1.40 bits per heavy atom. The van der Waals surface area contributed by atoms with E-state index in [9.17, 15) is 0 Å². The molecule has 0 unspecified atom stereocenters. The van der Waals surface area contributed by atoms with Crippen LogP contribution < -0.4 is 23.2 Å². The number of amidine groups is 2. The molecule has 0 aromatic carbocycles. The van der Waals surface area contributed by atoms with Crippen LogP contribution in [0.2, 0.25) is 0 Å². The molecule has 20 heavy (non-hydrogen) atoms. The van der Waals surface area contributed by atoms with Crippen molar-refractivity contribution < 1.29 is 9.47 Å². The Morgan fingerprint density at radius 2 is 1.10 bits per heavy atom. The zero-order valence-electron chi connectivity index (χ0n) is 10.9. The normalized spacial score (nSPS) is 11.6. The molecule has 0 saturated heterocycles. The molecule has 0 heterocycles. The molecule has 0 bridgehead atoms. The average Bonchev–Trinajstić information content (AvgIpc) is 2.40. The summed E-state index contributed by atoms with van der Waals surface area (Å²) in [5.41, 5.74) is 10.8. The largest absolute Gasteiger partial charge is 0.378 e. The number of ether oxygens (including phenoxy) is 2. The van der Waals surface area contributed by atoms with Crippen molar-refractivity contribution in [2.24, 2.45) is 33.4 Å². The Hall–Kier alpha value is 0.120. The van der Waals surface area contributed by atoms with Crippen LogP contribution in [0.25, 0.3) is 0 Å². The molecule has 0 aliphatic carbocycles. The minimum atomic E-state index is 0. The van der Waals surface area contributed by atoms with E-state index in [1.54, 1.807) is 0 Å². The first-order chi connectivity index (χ1) is 8.70. The molecule has 12 heteroatoms. The summed E-state index contributed by atoms with van der Waals surface area (Å²) in [6.07, 6.45) is 0. The van der Waals surface area contributed by atoms with Crippen LogP contribution in [0.3, 0.4) is 0 Å². The smallest absolute Gasteiger partial charge is 0.177 e. The number of hydrogen-bond acceptors (Lipinski definition) is 8. The maximum atomic E-state index is 5.38. The highest BCUT2D eigenvalue weighted by Crippen LogP contribution is 1.99. The lowest BCUT2D eigenvalue weighted by Gasteiger charge is -2.05. The number of hydrazone groups is 2. The standard InChI is InChI=1S/C8H20N6O2S2.2BrH/c9-7(13-11)17-5-3-15-1-2-16-4-6-18-8(10)14-12;;/h1-6,11-12H2,(H2,9,13)(H2,10,14);2*1H. The number of nitrogens with two attached hydrogens (primary N) is 4. The van der Waals surface area contributed by atoms with Crippen molar-refractivity contribution in [1.29, 1.82) is 0 Å². The molecule has 0 spiro atoms. The van der Waals surface area contributed by atoms with Crippen LogP contribution in [0.4, 0.5) is 0 Å². The second-order valence-electron chi connectivity index (χ2n) is 2.86. The molecule has 0 aromatic heterocycles. The molecule has 0 saturated carbocycles. The highest BCUT2D eigenvalue weighted by atomic mass is 79.9. The first-order valence-electron chi connectivity index (χ1n) is 5.18. The Bertz CT molecular complexity index is 247. The van der Waals surface area contributed by atoms with E-state index in [-0.39, 0.29) is 34.0 Å². The van der Waals surface area contributed by atoms with E-state index >= 15 is 0 Å². The number of nitrogens with zero attached hydrogens (tertiary/aromatic N) is 2. The van der Waals surface area contributed by atoms with Gasteiger partial charge >= 0.3 is 0 Å². The maximum Gasteiger partial charge on any atom is 0.177 e. The fourth-order valence-electron chi connectivity index (χ4n) is 0.807. The Morgan fingerprint density at radius 1 is 0.750 bits per heavy atom. The summed E-state index contributed by atoms with van der Waals surface area (Å²) in [5.74, 6) is 11.4. The van der Waals surface area contributed by atoms with Gasteiger partial charge in [-0.15, -0.1) is 34.0 Å². The van der Waals surface area contributed by atoms with Crippen molar-refractivity contribution in [3.05, 3.63) is 0 Å². The van der Waals surface area contributed by atoms with E-state index in [1.807, 2.05) is 0 Å². The van der Waals surface area contributed by atoms with Gasteiger partial charge in [0.05, 0.1) is 26.4 Å². The first-order valence-corrected chi connectivity index (χ1v) is 7.15. The SMILES string of the molecule is Br.Br.N/N=C(\N)SCCOCCOCCS/C(N)=N/N. The van der Waals surface area contributed by atoms with E-state index in [4.69, 9.17) is 32.6 Å². The van der Waals surface area contributed by atoms with Crippen LogP contribution in [0.5, 0.6) is 0 Å².